The Balaban J connectivity index is 1.68. The summed E-state index contributed by atoms with van der Waals surface area (Å²) in [5.41, 5.74) is 8.65. The lowest BCUT2D eigenvalue weighted by Crippen LogP contribution is -2.34. The van der Waals surface area contributed by atoms with E-state index in [4.69, 9.17) is 10.7 Å². The van der Waals surface area contributed by atoms with Crippen molar-refractivity contribution in [1.82, 2.24) is 14.9 Å². The molecule has 0 aliphatic carbocycles. The third-order valence-electron chi connectivity index (χ3n) is 5.23. The van der Waals surface area contributed by atoms with Gasteiger partial charge < -0.3 is 10.7 Å². The molecule has 0 radical (unpaired) electrons. The minimum atomic E-state index is -0.0662. The van der Waals surface area contributed by atoms with Crippen LogP contribution in [0.2, 0.25) is 0 Å². The molecule has 1 aliphatic rings. The normalized spacial score (nSPS) is 15.8. The Morgan fingerprint density at radius 3 is 2.88 bits per heavy atom. The van der Waals surface area contributed by atoms with Gasteiger partial charge in [0.1, 0.15) is 21.7 Å². The van der Waals surface area contributed by atoms with Gasteiger partial charge in [-0.05, 0) is 38.3 Å². The molecule has 0 saturated carbocycles. The van der Waals surface area contributed by atoms with Crippen LogP contribution in [0.5, 0.6) is 0 Å². The lowest BCUT2D eigenvalue weighted by molar-refractivity contribution is 0.187. The number of nitrogens with one attached hydrogen (secondary N) is 1. The molecule has 0 spiro atoms. The first-order valence-corrected chi connectivity index (χ1v) is 10.1. The van der Waals surface area contributed by atoms with E-state index in [9.17, 15) is 10.1 Å². The number of thiophene rings is 2. The summed E-state index contributed by atoms with van der Waals surface area (Å²) in [7, 11) is 0. The Morgan fingerprint density at radius 1 is 1.38 bits per heavy atom. The topological polar surface area (TPSA) is 98.8 Å². The molecule has 0 bridgehead atoms. The first kappa shape index (κ1) is 17.2. The first-order chi connectivity index (χ1) is 12.4. The Labute approximate surface area is 158 Å². The maximum absolute atomic E-state index is 12.5. The van der Waals surface area contributed by atoms with Crippen LogP contribution in [0.4, 0.5) is 5.00 Å². The molecule has 0 saturated heterocycles. The van der Waals surface area contributed by atoms with Crippen molar-refractivity contribution in [3.63, 3.8) is 0 Å². The van der Waals surface area contributed by atoms with E-state index in [-0.39, 0.29) is 11.6 Å². The van der Waals surface area contributed by atoms with Crippen molar-refractivity contribution in [2.75, 3.05) is 12.3 Å². The number of H-pyrrole nitrogens is 1. The fourth-order valence-corrected chi connectivity index (χ4v) is 5.67. The van der Waals surface area contributed by atoms with Crippen molar-refractivity contribution in [2.45, 2.75) is 39.8 Å². The van der Waals surface area contributed by atoms with Gasteiger partial charge in [-0.2, -0.15) is 5.26 Å². The summed E-state index contributed by atoms with van der Waals surface area (Å²) >= 11 is 3.06. The summed E-state index contributed by atoms with van der Waals surface area (Å²) in [6.45, 7) is 7.57. The van der Waals surface area contributed by atoms with Crippen LogP contribution in [-0.4, -0.2) is 21.4 Å². The van der Waals surface area contributed by atoms with E-state index in [0.717, 1.165) is 45.2 Å². The lowest BCUT2D eigenvalue weighted by Gasteiger charge is -2.31. The van der Waals surface area contributed by atoms with Crippen LogP contribution in [0.25, 0.3) is 10.2 Å². The number of fused-ring (bicyclic) bond motifs is 2. The molecular weight excluding hydrogens is 366 g/mol. The summed E-state index contributed by atoms with van der Waals surface area (Å²) in [4.78, 5) is 25.6. The average molecular weight is 386 g/mol. The van der Waals surface area contributed by atoms with Crippen molar-refractivity contribution in [2.24, 2.45) is 0 Å². The van der Waals surface area contributed by atoms with Gasteiger partial charge in [-0.15, -0.1) is 22.7 Å². The van der Waals surface area contributed by atoms with E-state index in [1.54, 1.807) is 11.3 Å². The number of nitrogens with two attached hydrogens (primary N) is 1. The van der Waals surface area contributed by atoms with E-state index in [1.807, 2.05) is 13.8 Å². The maximum Gasteiger partial charge on any atom is 0.259 e. The number of aryl methyl sites for hydroxylation is 2. The van der Waals surface area contributed by atoms with Crippen LogP contribution >= 0.6 is 22.7 Å². The summed E-state index contributed by atoms with van der Waals surface area (Å²) in [6.07, 6.45) is 0.792. The second-order valence-corrected chi connectivity index (χ2v) is 9.01. The number of aromatic nitrogens is 2. The molecule has 3 N–H and O–H groups in total. The molecule has 0 aromatic carbocycles. The molecular formula is C18H19N5OS2. The van der Waals surface area contributed by atoms with Gasteiger partial charge in [0.05, 0.1) is 17.0 Å². The van der Waals surface area contributed by atoms with Crippen LogP contribution < -0.4 is 11.3 Å². The third kappa shape index (κ3) is 2.55. The number of nitriles is 1. The molecule has 0 fully saturated rings. The monoisotopic (exact) mass is 385 g/mol. The molecule has 6 nitrogen and oxygen atoms in total. The fraction of sp³-hybridized carbons (Fsp3) is 0.389. The standard InChI is InChI=1S/C18H19N5OS2/c1-8-10(3)25-18-14(8)17(24)21-16(22-18)9(2)23-5-4-11-12(6-19)15(20)26-13(11)7-23/h9H,4-5,7,20H2,1-3H3,(H,21,22,24). The minimum absolute atomic E-state index is 0.0168. The Morgan fingerprint density at radius 2 is 2.15 bits per heavy atom. The van der Waals surface area contributed by atoms with Crippen molar-refractivity contribution in [1.29, 1.82) is 5.26 Å². The van der Waals surface area contributed by atoms with Crippen LogP contribution in [-0.2, 0) is 13.0 Å². The van der Waals surface area contributed by atoms with Crippen LogP contribution in [0.3, 0.4) is 0 Å². The molecule has 134 valence electrons. The molecule has 0 amide bonds. The van der Waals surface area contributed by atoms with E-state index in [0.29, 0.717) is 21.8 Å². The summed E-state index contributed by atoms with van der Waals surface area (Å²) in [5.74, 6) is 0.692. The zero-order valence-electron chi connectivity index (χ0n) is 14.8. The minimum Gasteiger partial charge on any atom is -0.389 e. The lowest BCUT2D eigenvalue weighted by atomic mass is 10.0. The van der Waals surface area contributed by atoms with E-state index < -0.39 is 0 Å². The third-order valence-corrected chi connectivity index (χ3v) is 7.37. The molecule has 4 rings (SSSR count). The van der Waals surface area contributed by atoms with E-state index >= 15 is 0 Å². The molecule has 1 atom stereocenters. The number of hydrogen-bond acceptors (Lipinski definition) is 7. The Bertz CT molecular complexity index is 1120. The second kappa shape index (κ2) is 6.20. The smallest absolute Gasteiger partial charge is 0.259 e. The summed E-state index contributed by atoms with van der Waals surface area (Å²) in [5, 5.41) is 10.6. The highest BCUT2D eigenvalue weighted by molar-refractivity contribution is 7.18. The van der Waals surface area contributed by atoms with Gasteiger partial charge in [-0.25, -0.2) is 4.98 Å². The first-order valence-electron chi connectivity index (χ1n) is 8.44. The number of rotatable bonds is 2. The molecule has 8 heteroatoms. The van der Waals surface area contributed by atoms with Crippen LogP contribution in [0.1, 0.15) is 45.2 Å². The van der Waals surface area contributed by atoms with Gasteiger partial charge in [0.25, 0.3) is 5.56 Å². The van der Waals surface area contributed by atoms with E-state index in [1.165, 1.54) is 11.3 Å². The van der Waals surface area contributed by atoms with Gasteiger partial charge in [-0.1, -0.05) is 0 Å². The summed E-state index contributed by atoms with van der Waals surface area (Å²) < 4.78 is 0. The second-order valence-electron chi connectivity index (χ2n) is 6.67. The quantitative estimate of drug-likeness (QED) is 0.705. The average Bonchev–Trinajstić information content (AvgIpc) is 3.08. The Kier molecular flexibility index (Phi) is 4.10. The molecule has 1 aliphatic heterocycles. The fourth-order valence-electron chi connectivity index (χ4n) is 3.54. The number of aromatic amines is 1. The zero-order chi connectivity index (χ0) is 18.6. The van der Waals surface area contributed by atoms with Gasteiger partial charge in [0.15, 0.2) is 0 Å². The number of hydrogen-bond donors (Lipinski definition) is 2. The zero-order valence-corrected chi connectivity index (χ0v) is 16.5. The molecule has 1 unspecified atom stereocenters. The van der Waals surface area contributed by atoms with Crippen LogP contribution in [0, 0.1) is 25.2 Å². The van der Waals surface area contributed by atoms with Crippen molar-refractivity contribution < 1.29 is 0 Å². The number of nitrogens with zero attached hydrogens (tertiary/aromatic N) is 3. The van der Waals surface area contributed by atoms with Crippen LogP contribution in [0.15, 0.2) is 4.79 Å². The highest BCUT2D eigenvalue weighted by Crippen LogP contribution is 2.37. The molecule has 3 aromatic heterocycles. The molecule has 3 aromatic rings. The summed E-state index contributed by atoms with van der Waals surface area (Å²) in [6, 6.07) is 2.21. The van der Waals surface area contributed by atoms with Gasteiger partial charge >= 0.3 is 0 Å². The van der Waals surface area contributed by atoms with E-state index in [2.05, 4.69) is 22.9 Å². The van der Waals surface area contributed by atoms with Crippen molar-refractivity contribution in [3.05, 3.63) is 42.6 Å². The van der Waals surface area contributed by atoms with Gasteiger partial charge in [-0.3, -0.25) is 9.69 Å². The highest BCUT2D eigenvalue weighted by Gasteiger charge is 2.28. The number of anilines is 1. The largest absolute Gasteiger partial charge is 0.389 e. The van der Waals surface area contributed by atoms with Gasteiger partial charge in [0, 0.05) is 22.8 Å². The number of nitrogen functional groups attached to an aromatic ring is 1. The SMILES string of the molecule is Cc1sc2nc(C(C)N3CCc4c(sc(N)c4C#N)C3)[nH]c(=O)c2c1C. The highest BCUT2D eigenvalue weighted by atomic mass is 32.1. The Hall–Kier alpha value is -2.21. The van der Waals surface area contributed by atoms with Gasteiger partial charge in [0.2, 0.25) is 0 Å². The predicted octanol–water partition coefficient (Wildman–Crippen LogP) is 3.24. The van der Waals surface area contributed by atoms with Crippen molar-refractivity contribution in [3.8, 4) is 6.07 Å². The van der Waals surface area contributed by atoms with Crippen molar-refractivity contribution >= 4 is 37.9 Å². The molecule has 26 heavy (non-hydrogen) atoms. The maximum atomic E-state index is 12.5. The molecule has 4 heterocycles. The predicted molar refractivity (Wildman–Crippen MR) is 106 cm³/mol.